The Morgan fingerprint density at radius 3 is 1.90 bits per heavy atom. The Labute approximate surface area is 116 Å². The monoisotopic (exact) mass is 270 g/mol. The Morgan fingerprint density at radius 1 is 1.05 bits per heavy atom. The fourth-order valence-electron chi connectivity index (χ4n) is 1.90. The molecule has 0 spiro atoms. The van der Waals surface area contributed by atoms with Crippen LogP contribution in [0.1, 0.15) is 17.2 Å². The highest BCUT2D eigenvalue weighted by Crippen LogP contribution is 2.25. The molecule has 0 fully saturated rings. The van der Waals surface area contributed by atoms with Crippen molar-refractivity contribution in [1.82, 2.24) is 0 Å². The summed E-state index contributed by atoms with van der Waals surface area (Å²) in [6, 6.07) is 17.6. The molecule has 5 nitrogen and oxygen atoms in total. The molecule has 20 heavy (non-hydrogen) atoms. The summed E-state index contributed by atoms with van der Waals surface area (Å²) in [5.41, 5.74) is 1.50. The number of carbonyl (C=O) groups is 1. The molecule has 0 aromatic heterocycles. The minimum Gasteiger partial charge on any atom is -0.599 e. The van der Waals surface area contributed by atoms with Gasteiger partial charge in [0.05, 0.1) is 12.2 Å². The lowest BCUT2D eigenvalue weighted by Gasteiger charge is -2.14. The molecule has 2 rings (SSSR count). The van der Waals surface area contributed by atoms with Crippen LogP contribution in [-0.2, 0) is 4.74 Å². The van der Waals surface area contributed by atoms with Crippen molar-refractivity contribution in [2.24, 2.45) is 5.11 Å². The van der Waals surface area contributed by atoms with Crippen molar-refractivity contribution in [3.63, 3.8) is 0 Å². The number of hydroxylamine groups is 1. The molecular formula is C15H14N2O3. The zero-order valence-electron chi connectivity index (χ0n) is 11.0. The smallest absolute Gasteiger partial charge is 0.491 e. The average Bonchev–Trinajstić information content (AvgIpc) is 2.49. The summed E-state index contributed by atoms with van der Waals surface area (Å²) in [7, 11) is 1.18. The molecule has 0 aliphatic heterocycles. The van der Waals surface area contributed by atoms with Gasteiger partial charge in [-0.15, -0.1) is 0 Å². The summed E-state index contributed by atoms with van der Waals surface area (Å²) >= 11 is 0. The van der Waals surface area contributed by atoms with Crippen molar-refractivity contribution in [3.05, 3.63) is 77.0 Å². The maximum atomic E-state index is 12.2. The number of hydrogen-bond acceptors (Lipinski definition) is 3. The molecule has 0 saturated carbocycles. The highest BCUT2D eigenvalue weighted by Gasteiger charge is 2.24. The van der Waals surface area contributed by atoms with Gasteiger partial charge in [0, 0.05) is 11.1 Å². The summed E-state index contributed by atoms with van der Waals surface area (Å²) in [5.74, 6) is 0. The third-order valence-electron chi connectivity index (χ3n) is 2.81. The number of carbonyl (C=O) groups excluding carboxylic acids is 1. The highest BCUT2D eigenvalue weighted by atomic mass is 16.6. The number of hydrogen-bond donors (Lipinski definition) is 0. The van der Waals surface area contributed by atoms with E-state index in [1.54, 1.807) is 0 Å². The van der Waals surface area contributed by atoms with Crippen LogP contribution >= 0.6 is 0 Å². The van der Waals surface area contributed by atoms with Crippen molar-refractivity contribution < 1.29 is 14.4 Å². The summed E-state index contributed by atoms with van der Waals surface area (Å²) in [4.78, 5) is 11.5. The molecule has 2 aromatic carbocycles. The predicted octanol–water partition coefficient (Wildman–Crippen LogP) is 3.50. The molecular weight excluding hydrogens is 256 g/mol. The normalized spacial score (nSPS) is 11.4. The largest absolute Gasteiger partial charge is 0.599 e. The molecule has 0 radical (unpaired) electrons. The minimum absolute atomic E-state index is 0.372. The average molecular weight is 270 g/mol. The van der Waals surface area contributed by atoms with Gasteiger partial charge in [-0.05, 0) is 0 Å². The van der Waals surface area contributed by atoms with Crippen LogP contribution in [0.15, 0.2) is 65.8 Å². The van der Waals surface area contributed by atoms with Gasteiger partial charge in [-0.3, -0.25) is 0 Å². The first-order valence-corrected chi connectivity index (χ1v) is 6.08. The molecule has 5 heteroatoms. The van der Waals surface area contributed by atoms with Crippen LogP contribution < -0.4 is 0 Å². The van der Waals surface area contributed by atoms with Crippen LogP contribution in [0, 0.1) is 5.21 Å². The zero-order valence-corrected chi connectivity index (χ0v) is 11.0. The summed E-state index contributed by atoms with van der Waals surface area (Å²) in [5, 5.41) is 15.5. The fraction of sp³-hybridized carbons (Fsp3) is 0.133. The third-order valence-corrected chi connectivity index (χ3v) is 2.81. The van der Waals surface area contributed by atoms with E-state index in [4.69, 9.17) is 0 Å². The number of azo groups is 1. The van der Waals surface area contributed by atoms with Crippen LogP contribution in [0.2, 0.25) is 0 Å². The van der Waals surface area contributed by atoms with E-state index in [-0.39, 0.29) is 0 Å². The molecule has 0 aliphatic carbocycles. The SMILES string of the molecule is COC(=O)N=[N+]([O-])C(c1ccccc1)c1ccccc1. The molecule has 1 amide bonds. The molecule has 0 unspecified atom stereocenters. The lowest BCUT2D eigenvalue weighted by molar-refractivity contribution is -0.559. The van der Waals surface area contributed by atoms with Crippen LogP contribution in [0.25, 0.3) is 0 Å². The quantitative estimate of drug-likeness (QED) is 0.487. The zero-order chi connectivity index (χ0) is 14.4. The Kier molecular flexibility index (Phi) is 4.44. The van der Waals surface area contributed by atoms with Crippen LogP contribution in [-0.4, -0.2) is 18.1 Å². The van der Waals surface area contributed by atoms with E-state index >= 15 is 0 Å². The number of methoxy groups -OCH3 is 1. The van der Waals surface area contributed by atoms with Crippen molar-refractivity contribution >= 4 is 6.09 Å². The molecule has 0 heterocycles. The Bertz CT molecular complexity index is 558. The van der Waals surface area contributed by atoms with Gasteiger partial charge in [0.2, 0.25) is 6.04 Å². The van der Waals surface area contributed by atoms with Gasteiger partial charge in [0.25, 0.3) is 0 Å². The number of rotatable bonds is 3. The molecule has 0 bridgehead atoms. The van der Waals surface area contributed by atoms with Gasteiger partial charge in [-0.1, -0.05) is 65.5 Å². The van der Waals surface area contributed by atoms with Crippen molar-refractivity contribution in [2.75, 3.05) is 7.11 Å². The summed E-state index contributed by atoms with van der Waals surface area (Å²) in [6.45, 7) is 0. The number of ether oxygens (including phenoxy) is 1. The van der Waals surface area contributed by atoms with Gasteiger partial charge in [0.15, 0.2) is 0 Å². The standard InChI is InChI=1S/C15H14N2O3/c1-20-15(18)16-17(19)14(12-8-4-2-5-9-12)13-10-6-3-7-11-13/h2-11,14H,1H3. The van der Waals surface area contributed by atoms with Crippen LogP contribution in [0.4, 0.5) is 4.79 Å². The first-order chi connectivity index (χ1) is 9.72. The highest BCUT2D eigenvalue weighted by molar-refractivity contribution is 5.66. The van der Waals surface area contributed by atoms with E-state index in [2.05, 4.69) is 9.85 Å². The number of amides is 1. The van der Waals surface area contributed by atoms with E-state index in [1.807, 2.05) is 60.7 Å². The maximum absolute atomic E-state index is 12.2. The number of nitrogens with zero attached hydrogens (tertiary/aromatic N) is 2. The molecule has 0 atom stereocenters. The predicted molar refractivity (Wildman–Crippen MR) is 73.2 cm³/mol. The Hall–Kier alpha value is -2.69. The topological polar surface area (TPSA) is 64.7 Å². The second-order valence-corrected chi connectivity index (χ2v) is 4.10. The second-order valence-electron chi connectivity index (χ2n) is 4.10. The van der Waals surface area contributed by atoms with Gasteiger partial charge in [-0.25, -0.2) is 4.79 Å². The van der Waals surface area contributed by atoms with E-state index in [9.17, 15) is 10.0 Å². The van der Waals surface area contributed by atoms with Crippen LogP contribution in [0.3, 0.4) is 0 Å². The lowest BCUT2D eigenvalue weighted by Crippen LogP contribution is -2.15. The van der Waals surface area contributed by atoms with Gasteiger partial charge >= 0.3 is 6.09 Å². The summed E-state index contributed by atoms with van der Waals surface area (Å²) in [6.07, 6.45) is -0.920. The second kappa shape index (κ2) is 6.47. The van der Waals surface area contributed by atoms with Crippen molar-refractivity contribution in [1.29, 1.82) is 0 Å². The first kappa shape index (κ1) is 13.7. The molecule has 0 saturated heterocycles. The number of benzene rings is 2. The van der Waals surface area contributed by atoms with E-state index in [1.165, 1.54) is 7.11 Å². The fourth-order valence-corrected chi connectivity index (χ4v) is 1.90. The minimum atomic E-state index is -0.920. The van der Waals surface area contributed by atoms with Gasteiger partial charge in [0.1, 0.15) is 0 Å². The Balaban J connectivity index is 2.45. The molecule has 0 aliphatic rings. The van der Waals surface area contributed by atoms with Gasteiger partial charge in [-0.2, -0.15) is 0 Å². The maximum Gasteiger partial charge on any atom is 0.491 e. The third kappa shape index (κ3) is 3.20. The molecule has 0 N–H and O–H groups in total. The van der Waals surface area contributed by atoms with E-state index in [0.29, 0.717) is 4.86 Å². The molecule has 2 aromatic rings. The Morgan fingerprint density at radius 2 is 1.50 bits per heavy atom. The van der Waals surface area contributed by atoms with Gasteiger partial charge < -0.3 is 9.94 Å². The lowest BCUT2D eigenvalue weighted by atomic mass is 9.99. The summed E-state index contributed by atoms with van der Waals surface area (Å²) < 4.78 is 4.40. The molecule has 102 valence electrons. The van der Waals surface area contributed by atoms with Crippen LogP contribution in [0.5, 0.6) is 0 Å². The van der Waals surface area contributed by atoms with E-state index < -0.39 is 12.1 Å². The first-order valence-electron chi connectivity index (χ1n) is 6.08. The van der Waals surface area contributed by atoms with Crippen molar-refractivity contribution in [2.45, 2.75) is 6.04 Å². The van der Waals surface area contributed by atoms with Crippen molar-refractivity contribution in [3.8, 4) is 0 Å². The van der Waals surface area contributed by atoms with E-state index in [0.717, 1.165) is 11.1 Å².